The summed E-state index contributed by atoms with van der Waals surface area (Å²) >= 11 is 0. The van der Waals surface area contributed by atoms with Crippen LogP contribution >= 0.6 is 0 Å². The van der Waals surface area contributed by atoms with E-state index < -0.39 is 0 Å². The summed E-state index contributed by atoms with van der Waals surface area (Å²) < 4.78 is 15.7. The van der Waals surface area contributed by atoms with Crippen molar-refractivity contribution in [1.29, 1.82) is 0 Å². The van der Waals surface area contributed by atoms with Crippen molar-refractivity contribution in [3.05, 3.63) is 24.3 Å². The van der Waals surface area contributed by atoms with Gasteiger partial charge in [-0.2, -0.15) is 0 Å². The van der Waals surface area contributed by atoms with E-state index in [2.05, 4.69) is 15.6 Å². The largest absolute Gasteiger partial charge is 0.497 e. The predicted molar refractivity (Wildman–Crippen MR) is 84.3 cm³/mol. The number of aliphatic imine (C=N–C) groups is 1. The van der Waals surface area contributed by atoms with Gasteiger partial charge in [0, 0.05) is 27.3 Å². The van der Waals surface area contributed by atoms with E-state index in [4.69, 9.17) is 14.2 Å². The molecule has 0 saturated carbocycles. The minimum absolute atomic E-state index is 0.561. The molecule has 1 rings (SSSR count). The van der Waals surface area contributed by atoms with Crippen LogP contribution in [-0.2, 0) is 4.74 Å². The zero-order valence-electron chi connectivity index (χ0n) is 13.0. The molecule has 118 valence electrons. The smallest absolute Gasteiger partial charge is 0.191 e. The van der Waals surface area contributed by atoms with Gasteiger partial charge in [0.15, 0.2) is 5.96 Å². The summed E-state index contributed by atoms with van der Waals surface area (Å²) in [5.41, 5.74) is 0. The minimum Gasteiger partial charge on any atom is -0.497 e. The third-order valence-corrected chi connectivity index (χ3v) is 2.76. The molecule has 0 fully saturated rings. The Hall–Kier alpha value is -1.95. The van der Waals surface area contributed by atoms with Crippen LogP contribution in [-0.4, -0.2) is 53.5 Å². The molecule has 0 atom stereocenters. The number of rotatable bonds is 9. The lowest BCUT2D eigenvalue weighted by Gasteiger charge is -2.12. The number of hydrogen-bond acceptors (Lipinski definition) is 4. The number of guanidine groups is 1. The zero-order chi connectivity index (χ0) is 15.3. The molecule has 1 aromatic carbocycles. The molecular formula is C15H25N3O3. The van der Waals surface area contributed by atoms with Crippen molar-refractivity contribution in [3.8, 4) is 11.5 Å². The molecule has 6 nitrogen and oxygen atoms in total. The average molecular weight is 295 g/mol. The molecule has 0 aromatic heterocycles. The number of methoxy groups -OCH3 is 2. The van der Waals surface area contributed by atoms with Gasteiger partial charge in [-0.05, 0) is 30.7 Å². The summed E-state index contributed by atoms with van der Waals surface area (Å²) in [6.45, 7) is 2.80. The van der Waals surface area contributed by atoms with Crippen LogP contribution < -0.4 is 20.1 Å². The van der Waals surface area contributed by atoms with Gasteiger partial charge in [-0.1, -0.05) is 0 Å². The molecule has 0 saturated heterocycles. The fourth-order valence-electron chi connectivity index (χ4n) is 1.65. The summed E-state index contributed by atoms with van der Waals surface area (Å²) in [7, 11) is 5.09. The zero-order valence-corrected chi connectivity index (χ0v) is 13.0. The van der Waals surface area contributed by atoms with E-state index in [1.54, 1.807) is 21.3 Å². The van der Waals surface area contributed by atoms with Gasteiger partial charge in [-0.15, -0.1) is 0 Å². The highest BCUT2D eigenvalue weighted by Gasteiger charge is 1.98. The first-order valence-corrected chi connectivity index (χ1v) is 7.00. The Bertz CT molecular complexity index is 407. The monoisotopic (exact) mass is 295 g/mol. The second-order valence-corrected chi connectivity index (χ2v) is 4.30. The maximum absolute atomic E-state index is 5.62. The fourth-order valence-corrected chi connectivity index (χ4v) is 1.65. The van der Waals surface area contributed by atoms with Crippen molar-refractivity contribution < 1.29 is 14.2 Å². The van der Waals surface area contributed by atoms with Gasteiger partial charge in [-0.3, -0.25) is 4.99 Å². The molecule has 0 unspecified atom stereocenters. The van der Waals surface area contributed by atoms with Crippen molar-refractivity contribution in [3.63, 3.8) is 0 Å². The van der Waals surface area contributed by atoms with Crippen LogP contribution in [0.25, 0.3) is 0 Å². The van der Waals surface area contributed by atoms with Gasteiger partial charge < -0.3 is 24.8 Å². The third kappa shape index (κ3) is 7.41. The molecule has 0 radical (unpaired) electrons. The molecule has 0 heterocycles. The van der Waals surface area contributed by atoms with Crippen LogP contribution in [0.5, 0.6) is 11.5 Å². The fraction of sp³-hybridized carbons (Fsp3) is 0.533. The maximum atomic E-state index is 5.62. The Labute approximate surface area is 126 Å². The van der Waals surface area contributed by atoms with Crippen LogP contribution in [0.15, 0.2) is 29.3 Å². The second-order valence-electron chi connectivity index (χ2n) is 4.30. The molecule has 6 heteroatoms. The average Bonchev–Trinajstić information content (AvgIpc) is 2.54. The Kier molecular flexibility index (Phi) is 8.79. The van der Waals surface area contributed by atoms with Gasteiger partial charge >= 0.3 is 0 Å². The minimum atomic E-state index is 0.561. The molecule has 1 aromatic rings. The van der Waals surface area contributed by atoms with E-state index in [0.29, 0.717) is 13.2 Å². The molecular weight excluding hydrogens is 270 g/mol. The molecule has 0 spiro atoms. The Morgan fingerprint density at radius 1 is 1.00 bits per heavy atom. The number of benzene rings is 1. The van der Waals surface area contributed by atoms with Gasteiger partial charge in [0.05, 0.1) is 13.7 Å². The van der Waals surface area contributed by atoms with Crippen molar-refractivity contribution >= 4 is 5.96 Å². The van der Waals surface area contributed by atoms with E-state index in [1.165, 1.54) is 0 Å². The lowest BCUT2D eigenvalue weighted by Crippen LogP contribution is -2.39. The molecule has 21 heavy (non-hydrogen) atoms. The van der Waals surface area contributed by atoms with Crippen LogP contribution in [0, 0.1) is 0 Å². The summed E-state index contributed by atoms with van der Waals surface area (Å²) in [6.07, 6.45) is 0.944. The standard InChI is InChI=1S/C15H25N3O3/c1-16-15(17-9-4-11-19-2)18-10-12-21-14-7-5-13(20-3)6-8-14/h5-8H,4,9-12H2,1-3H3,(H2,16,17,18). The highest BCUT2D eigenvalue weighted by Crippen LogP contribution is 2.16. The molecule has 0 bridgehead atoms. The summed E-state index contributed by atoms with van der Waals surface area (Å²) in [5, 5.41) is 6.39. The van der Waals surface area contributed by atoms with Crippen molar-refractivity contribution in [2.45, 2.75) is 6.42 Å². The second kappa shape index (κ2) is 10.8. The van der Waals surface area contributed by atoms with Crippen LogP contribution in [0.1, 0.15) is 6.42 Å². The highest BCUT2D eigenvalue weighted by molar-refractivity contribution is 5.79. The number of hydrogen-bond donors (Lipinski definition) is 2. The highest BCUT2D eigenvalue weighted by atomic mass is 16.5. The molecule has 2 N–H and O–H groups in total. The summed E-state index contributed by atoms with van der Waals surface area (Å²) in [4.78, 5) is 4.13. The van der Waals surface area contributed by atoms with E-state index >= 15 is 0 Å². The van der Waals surface area contributed by atoms with E-state index in [-0.39, 0.29) is 0 Å². The van der Waals surface area contributed by atoms with E-state index in [0.717, 1.165) is 37.0 Å². The van der Waals surface area contributed by atoms with Crippen LogP contribution in [0.2, 0.25) is 0 Å². The van der Waals surface area contributed by atoms with E-state index in [1.807, 2.05) is 24.3 Å². The molecule has 0 aliphatic carbocycles. The first-order valence-electron chi connectivity index (χ1n) is 7.00. The van der Waals surface area contributed by atoms with Crippen molar-refractivity contribution in [2.24, 2.45) is 4.99 Å². The first-order chi connectivity index (χ1) is 10.3. The van der Waals surface area contributed by atoms with Crippen LogP contribution in [0.3, 0.4) is 0 Å². The van der Waals surface area contributed by atoms with Gasteiger partial charge in [-0.25, -0.2) is 0 Å². The summed E-state index contributed by atoms with van der Waals surface area (Å²) in [5.74, 6) is 2.41. The summed E-state index contributed by atoms with van der Waals surface area (Å²) in [6, 6.07) is 7.52. The lowest BCUT2D eigenvalue weighted by atomic mass is 10.3. The Morgan fingerprint density at radius 2 is 1.67 bits per heavy atom. The van der Waals surface area contributed by atoms with Gasteiger partial charge in [0.1, 0.15) is 18.1 Å². The first kappa shape index (κ1) is 17.1. The van der Waals surface area contributed by atoms with Crippen molar-refractivity contribution in [2.75, 3.05) is 47.6 Å². The van der Waals surface area contributed by atoms with Gasteiger partial charge in [0.25, 0.3) is 0 Å². The Balaban J connectivity index is 2.16. The molecule has 0 amide bonds. The number of ether oxygens (including phenoxy) is 3. The molecule has 0 aliphatic rings. The normalized spacial score (nSPS) is 11.1. The maximum Gasteiger partial charge on any atom is 0.191 e. The topological polar surface area (TPSA) is 64.1 Å². The van der Waals surface area contributed by atoms with Crippen LogP contribution in [0.4, 0.5) is 0 Å². The Morgan fingerprint density at radius 3 is 2.29 bits per heavy atom. The quantitative estimate of drug-likeness (QED) is 0.408. The number of nitrogens with zero attached hydrogens (tertiary/aromatic N) is 1. The predicted octanol–water partition coefficient (Wildman–Crippen LogP) is 1.28. The molecule has 0 aliphatic heterocycles. The van der Waals surface area contributed by atoms with Gasteiger partial charge in [0.2, 0.25) is 0 Å². The van der Waals surface area contributed by atoms with E-state index in [9.17, 15) is 0 Å². The number of nitrogens with one attached hydrogen (secondary N) is 2. The lowest BCUT2D eigenvalue weighted by molar-refractivity contribution is 0.195. The third-order valence-electron chi connectivity index (χ3n) is 2.76. The van der Waals surface area contributed by atoms with Crippen molar-refractivity contribution in [1.82, 2.24) is 10.6 Å². The SMILES string of the molecule is CN=C(NCCCOC)NCCOc1ccc(OC)cc1.